The number of benzene rings is 1. The van der Waals surface area contributed by atoms with Crippen LogP contribution < -0.4 is 4.74 Å². The first kappa shape index (κ1) is 13.0. The fourth-order valence-electron chi connectivity index (χ4n) is 1.31. The molecule has 1 aromatic carbocycles. The van der Waals surface area contributed by atoms with Crippen LogP contribution in [-0.2, 0) is 16.0 Å². The zero-order chi connectivity index (χ0) is 12.7. The molecular weight excluding hydrogens is 218 g/mol. The van der Waals surface area contributed by atoms with Crippen molar-refractivity contribution in [2.45, 2.75) is 25.9 Å². The lowest BCUT2D eigenvalue weighted by atomic mass is 10.1. The van der Waals surface area contributed by atoms with Gasteiger partial charge in [-0.25, -0.2) is 0 Å². The molecule has 0 aliphatic rings. The van der Waals surface area contributed by atoms with E-state index in [2.05, 4.69) is 0 Å². The second-order valence-electron chi connectivity index (χ2n) is 3.54. The standard InChI is InChI=1S/C13H15NO3/c1-3-11(9-14)17-13(15)8-10-4-6-12(16-2)7-5-10/h4-7,11H,3,8H2,1-2H3/t11-/m0/s1. The van der Waals surface area contributed by atoms with Gasteiger partial charge in [-0.3, -0.25) is 4.79 Å². The van der Waals surface area contributed by atoms with Crippen molar-refractivity contribution in [3.05, 3.63) is 29.8 Å². The monoisotopic (exact) mass is 233 g/mol. The molecule has 0 saturated heterocycles. The molecule has 4 heteroatoms. The van der Waals surface area contributed by atoms with Gasteiger partial charge in [-0.1, -0.05) is 19.1 Å². The normalized spacial score (nSPS) is 11.4. The molecule has 0 aliphatic heterocycles. The highest BCUT2D eigenvalue weighted by Crippen LogP contribution is 2.12. The van der Waals surface area contributed by atoms with Gasteiger partial charge in [0.05, 0.1) is 13.5 Å². The number of esters is 1. The van der Waals surface area contributed by atoms with Gasteiger partial charge in [0.15, 0.2) is 6.10 Å². The number of carbonyl (C=O) groups excluding carboxylic acids is 1. The van der Waals surface area contributed by atoms with Gasteiger partial charge in [0, 0.05) is 0 Å². The first-order chi connectivity index (χ1) is 8.19. The molecule has 1 atom stereocenters. The van der Waals surface area contributed by atoms with Gasteiger partial charge in [0.1, 0.15) is 11.8 Å². The maximum Gasteiger partial charge on any atom is 0.311 e. The van der Waals surface area contributed by atoms with Gasteiger partial charge < -0.3 is 9.47 Å². The van der Waals surface area contributed by atoms with Crippen LogP contribution in [0.2, 0.25) is 0 Å². The first-order valence-electron chi connectivity index (χ1n) is 5.41. The van der Waals surface area contributed by atoms with E-state index in [1.807, 2.05) is 6.07 Å². The Labute approximate surface area is 101 Å². The number of rotatable bonds is 5. The van der Waals surface area contributed by atoms with Crippen molar-refractivity contribution in [3.63, 3.8) is 0 Å². The third-order valence-corrected chi connectivity index (χ3v) is 2.30. The van der Waals surface area contributed by atoms with Crippen LogP contribution >= 0.6 is 0 Å². The Balaban J connectivity index is 2.53. The fraction of sp³-hybridized carbons (Fsp3) is 0.385. The van der Waals surface area contributed by atoms with Gasteiger partial charge >= 0.3 is 5.97 Å². The van der Waals surface area contributed by atoms with Crippen LogP contribution in [0.1, 0.15) is 18.9 Å². The third-order valence-electron chi connectivity index (χ3n) is 2.30. The lowest BCUT2D eigenvalue weighted by Gasteiger charge is -2.08. The van der Waals surface area contributed by atoms with Crippen LogP contribution in [-0.4, -0.2) is 19.2 Å². The lowest BCUT2D eigenvalue weighted by Crippen LogP contribution is -2.17. The largest absolute Gasteiger partial charge is 0.497 e. The van der Waals surface area contributed by atoms with E-state index >= 15 is 0 Å². The van der Waals surface area contributed by atoms with Crippen molar-refractivity contribution in [3.8, 4) is 11.8 Å². The third kappa shape index (κ3) is 4.15. The number of hydrogen-bond acceptors (Lipinski definition) is 4. The Morgan fingerprint density at radius 2 is 2.06 bits per heavy atom. The summed E-state index contributed by atoms with van der Waals surface area (Å²) < 4.78 is 9.99. The van der Waals surface area contributed by atoms with Gasteiger partial charge in [-0.2, -0.15) is 5.26 Å². The highest BCUT2D eigenvalue weighted by Gasteiger charge is 2.11. The molecule has 17 heavy (non-hydrogen) atoms. The van der Waals surface area contributed by atoms with Crippen molar-refractivity contribution in [2.75, 3.05) is 7.11 Å². The van der Waals surface area contributed by atoms with E-state index in [4.69, 9.17) is 14.7 Å². The van der Waals surface area contributed by atoms with Crippen molar-refractivity contribution in [1.82, 2.24) is 0 Å². The molecule has 0 saturated carbocycles. The summed E-state index contributed by atoms with van der Waals surface area (Å²) in [6, 6.07) is 9.09. The summed E-state index contributed by atoms with van der Waals surface area (Å²) in [4.78, 5) is 11.5. The summed E-state index contributed by atoms with van der Waals surface area (Å²) in [5.74, 6) is 0.356. The van der Waals surface area contributed by atoms with Gasteiger partial charge in [-0.05, 0) is 24.1 Å². The smallest absolute Gasteiger partial charge is 0.311 e. The minimum absolute atomic E-state index is 0.169. The average molecular weight is 233 g/mol. The van der Waals surface area contributed by atoms with Gasteiger partial charge in [0.2, 0.25) is 0 Å². The molecule has 90 valence electrons. The Bertz CT molecular complexity index is 406. The molecule has 1 rings (SSSR count). The minimum Gasteiger partial charge on any atom is -0.497 e. The molecular formula is C13H15NO3. The highest BCUT2D eigenvalue weighted by molar-refractivity contribution is 5.73. The molecule has 1 aromatic rings. The summed E-state index contributed by atoms with van der Waals surface area (Å²) in [5.41, 5.74) is 0.837. The van der Waals surface area contributed by atoms with E-state index in [0.29, 0.717) is 6.42 Å². The summed E-state index contributed by atoms with van der Waals surface area (Å²) >= 11 is 0. The van der Waals surface area contributed by atoms with Crippen molar-refractivity contribution in [2.24, 2.45) is 0 Å². The zero-order valence-corrected chi connectivity index (χ0v) is 9.97. The van der Waals surface area contributed by atoms with Crippen LogP contribution in [0.4, 0.5) is 0 Å². The molecule has 4 nitrogen and oxygen atoms in total. The molecule has 0 bridgehead atoms. The quantitative estimate of drug-likeness (QED) is 0.730. The van der Waals surface area contributed by atoms with E-state index < -0.39 is 6.10 Å². The lowest BCUT2D eigenvalue weighted by molar-refractivity contribution is -0.145. The van der Waals surface area contributed by atoms with Gasteiger partial charge in [0.25, 0.3) is 0 Å². The number of methoxy groups -OCH3 is 1. The predicted octanol–water partition coefficient (Wildman–Crippen LogP) is 2.08. The van der Waals surface area contributed by atoms with E-state index in [-0.39, 0.29) is 12.4 Å². The molecule has 0 spiro atoms. The first-order valence-corrected chi connectivity index (χ1v) is 5.41. The minimum atomic E-state index is -0.652. The average Bonchev–Trinajstić information content (AvgIpc) is 2.37. The number of hydrogen-bond donors (Lipinski definition) is 0. The molecule has 0 aromatic heterocycles. The predicted molar refractivity (Wildman–Crippen MR) is 62.5 cm³/mol. The molecule has 0 unspecified atom stereocenters. The summed E-state index contributed by atoms with van der Waals surface area (Å²) in [6.07, 6.45) is 0.0216. The topological polar surface area (TPSA) is 59.3 Å². The summed E-state index contributed by atoms with van der Waals surface area (Å²) in [5, 5.41) is 8.67. The maximum absolute atomic E-state index is 11.5. The Kier molecular flexibility index (Phi) is 5.02. The van der Waals surface area contributed by atoms with Crippen LogP contribution in [0.5, 0.6) is 5.75 Å². The molecule has 0 amide bonds. The van der Waals surface area contributed by atoms with Crippen molar-refractivity contribution >= 4 is 5.97 Å². The molecule has 0 fully saturated rings. The second-order valence-corrected chi connectivity index (χ2v) is 3.54. The maximum atomic E-state index is 11.5. The van der Waals surface area contributed by atoms with E-state index in [0.717, 1.165) is 11.3 Å². The van der Waals surface area contributed by atoms with E-state index in [1.54, 1.807) is 38.3 Å². The van der Waals surface area contributed by atoms with Gasteiger partial charge in [-0.15, -0.1) is 0 Å². The second kappa shape index (κ2) is 6.54. The Hall–Kier alpha value is -2.02. The highest BCUT2D eigenvalue weighted by atomic mass is 16.5. The number of nitrogens with zero attached hydrogens (tertiary/aromatic N) is 1. The molecule has 0 heterocycles. The van der Waals surface area contributed by atoms with Crippen molar-refractivity contribution < 1.29 is 14.3 Å². The van der Waals surface area contributed by atoms with Crippen LogP contribution in [0.3, 0.4) is 0 Å². The van der Waals surface area contributed by atoms with Crippen LogP contribution in [0.25, 0.3) is 0 Å². The number of nitriles is 1. The molecule has 0 N–H and O–H groups in total. The number of carbonyl (C=O) groups is 1. The molecule has 0 radical (unpaired) electrons. The Morgan fingerprint density at radius 3 is 2.53 bits per heavy atom. The van der Waals surface area contributed by atoms with Crippen molar-refractivity contribution in [1.29, 1.82) is 5.26 Å². The van der Waals surface area contributed by atoms with E-state index in [1.165, 1.54) is 0 Å². The van der Waals surface area contributed by atoms with Crippen LogP contribution in [0.15, 0.2) is 24.3 Å². The molecule has 0 aliphatic carbocycles. The number of ether oxygens (including phenoxy) is 2. The fourth-order valence-corrected chi connectivity index (χ4v) is 1.31. The zero-order valence-electron chi connectivity index (χ0n) is 9.97. The summed E-state index contributed by atoms with van der Waals surface area (Å²) in [7, 11) is 1.59. The SMILES string of the molecule is CC[C@@H](C#N)OC(=O)Cc1ccc(OC)cc1. The summed E-state index contributed by atoms with van der Waals surface area (Å²) in [6.45, 7) is 1.80. The van der Waals surface area contributed by atoms with Crippen LogP contribution in [0, 0.1) is 11.3 Å². The van der Waals surface area contributed by atoms with E-state index in [9.17, 15) is 4.79 Å². The Morgan fingerprint density at radius 1 is 1.41 bits per heavy atom.